The minimum Gasteiger partial charge on any atom is -0.465 e. The molecular formula is C20H19NO4. The Morgan fingerprint density at radius 2 is 1.56 bits per heavy atom. The Morgan fingerprint density at radius 3 is 2.12 bits per heavy atom. The van der Waals surface area contributed by atoms with Crippen LogP contribution in [-0.4, -0.2) is 19.0 Å². The zero-order chi connectivity index (χ0) is 18.0. The number of hydrogen-bond acceptors (Lipinski definition) is 5. The lowest BCUT2D eigenvalue weighted by Crippen LogP contribution is -2.14. The number of carbonyl (C=O) groups is 2. The van der Waals surface area contributed by atoms with Crippen molar-refractivity contribution in [2.75, 3.05) is 12.4 Å². The van der Waals surface area contributed by atoms with E-state index in [9.17, 15) is 9.59 Å². The number of hydrogen-bond donors (Lipinski definition) is 1. The highest BCUT2D eigenvalue weighted by Crippen LogP contribution is 2.36. The Morgan fingerprint density at radius 1 is 1.00 bits per heavy atom. The van der Waals surface area contributed by atoms with Crippen molar-refractivity contribution in [3.8, 4) is 0 Å². The second-order valence-corrected chi connectivity index (χ2v) is 5.97. The molecule has 5 nitrogen and oxygen atoms in total. The molecule has 1 aliphatic heterocycles. The highest BCUT2D eigenvalue weighted by Gasteiger charge is 2.40. The van der Waals surface area contributed by atoms with Gasteiger partial charge in [-0.3, -0.25) is 0 Å². The zero-order valence-corrected chi connectivity index (χ0v) is 14.3. The molecule has 2 aromatic rings. The summed E-state index contributed by atoms with van der Waals surface area (Å²) in [7, 11) is 1.29. The van der Waals surface area contributed by atoms with Gasteiger partial charge in [-0.2, -0.15) is 0 Å². The Bertz CT molecular complexity index is 835. The van der Waals surface area contributed by atoms with Gasteiger partial charge in [0, 0.05) is 5.69 Å². The molecule has 0 amide bonds. The van der Waals surface area contributed by atoms with Crippen LogP contribution in [0.2, 0.25) is 0 Å². The Kier molecular flexibility index (Phi) is 4.57. The monoisotopic (exact) mass is 337 g/mol. The summed E-state index contributed by atoms with van der Waals surface area (Å²) in [6.45, 7) is 3.94. The lowest BCUT2D eigenvalue weighted by Gasteiger charge is -2.13. The van der Waals surface area contributed by atoms with E-state index in [1.54, 1.807) is 0 Å². The average Bonchev–Trinajstić information content (AvgIpc) is 2.93. The molecule has 0 saturated carbocycles. The van der Waals surface area contributed by atoms with Gasteiger partial charge < -0.3 is 14.8 Å². The van der Waals surface area contributed by atoms with Crippen LogP contribution in [0.4, 0.5) is 5.69 Å². The van der Waals surface area contributed by atoms with Gasteiger partial charge in [-0.05, 0) is 31.5 Å². The fraction of sp³-hybridized carbons (Fsp3) is 0.200. The van der Waals surface area contributed by atoms with E-state index in [1.807, 2.05) is 62.4 Å². The van der Waals surface area contributed by atoms with Crippen LogP contribution in [0.25, 0.3) is 0 Å². The molecule has 25 heavy (non-hydrogen) atoms. The minimum atomic E-state index is -0.784. The molecule has 128 valence electrons. The van der Waals surface area contributed by atoms with Crippen LogP contribution in [0, 0.1) is 13.8 Å². The molecule has 1 aliphatic rings. The van der Waals surface area contributed by atoms with Crippen LogP contribution >= 0.6 is 0 Å². The summed E-state index contributed by atoms with van der Waals surface area (Å²) >= 11 is 0. The van der Waals surface area contributed by atoms with Crippen LogP contribution in [0.3, 0.4) is 0 Å². The van der Waals surface area contributed by atoms with E-state index >= 15 is 0 Å². The van der Waals surface area contributed by atoms with Gasteiger partial charge >= 0.3 is 11.9 Å². The molecule has 0 aromatic heterocycles. The Labute approximate surface area is 146 Å². The molecule has 0 spiro atoms. The molecule has 2 aromatic carbocycles. The van der Waals surface area contributed by atoms with E-state index < -0.39 is 18.0 Å². The van der Waals surface area contributed by atoms with Gasteiger partial charge in [-0.25, -0.2) is 9.59 Å². The van der Waals surface area contributed by atoms with Crippen LogP contribution in [0.5, 0.6) is 0 Å². The number of nitrogens with one attached hydrogen (secondary N) is 1. The van der Waals surface area contributed by atoms with Crippen LogP contribution in [0.15, 0.2) is 59.8 Å². The summed E-state index contributed by atoms with van der Waals surface area (Å²) in [6, 6.07) is 15.0. The maximum Gasteiger partial charge on any atom is 0.356 e. The fourth-order valence-corrected chi connectivity index (χ4v) is 2.66. The maximum absolute atomic E-state index is 12.4. The largest absolute Gasteiger partial charge is 0.465 e. The summed E-state index contributed by atoms with van der Waals surface area (Å²) in [6.07, 6.45) is -0.784. The molecule has 0 radical (unpaired) electrons. The molecular weight excluding hydrogens is 318 g/mol. The summed E-state index contributed by atoms with van der Waals surface area (Å²) < 4.78 is 10.3. The summed E-state index contributed by atoms with van der Waals surface area (Å²) in [5, 5.41) is 3.00. The number of anilines is 1. The van der Waals surface area contributed by atoms with Gasteiger partial charge in [0.25, 0.3) is 0 Å². The van der Waals surface area contributed by atoms with E-state index in [0.29, 0.717) is 5.69 Å². The summed E-state index contributed by atoms with van der Waals surface area (Å²) in [5.74, 6) is -1.17. The van der Waals surface area contributed by atoms with Crippen molar-refractivity contribution in [3.05, 3.63) is 76.5 Å². The lowest BCUT2D eigenvalue weighted by molar-refractivity contribution is -0.141. The smallest absolute Gasteiger partial charge is 0.356 e. The number of cyclic esters (lactones) is 1. The molecule has 0 saturated heterocycles. The average molecular weight is 337 g/mol. The highest BCUT2D eigenvalue weighted by atomic mass is 16.6. The normalized spacial score (nSPS) is 16.6. The van der Waals surface area contributed by atoms with E-state index in [-0.39, 0.29) is 11.3 Å². The second-order valence-electron chi connectivity index (χ2n) is 5.97. The van der Waals surface area contributed by atoms with Gasteiger partial charge in [0.05, 0.1) is 7.11 Å². The van der Waals surface area contributed by atoms with E-state index in [1.165, 1.54) is 7.11 Å². The van der Waals surface area contributed by atoms with Gasteiger partial charge in [0.15, 0.2) is 6.10 Å². The molecule has 0 fully saturated rings. The van der Waals surface area contributed by atoms with Gasteiger partial charge in [0.1, 0.15) is 11.3 Å². The number of esters is 2. The first-order valence-electron chi connectivity index (χ1n) is 7.93. The molecule has 1 unspecified atom stereocenters. The summed E-state index contributed by atoms with van der Waals surface area (Å²) in [5.41, 5.74) is 3.88. The molecule has 3 rings (SSSR count). The van der Waals surface area contributed by atoms with Crippen molar-refractivity contribution >= 4 is 17.6 Å². The number of methoxy groups -OCH3 is 1. The number of ether oxygens (including phenoxy) is 2. The SMILES string of the molecule is COC(=O)C1=C(Nc2ccc(C)cc2)C(=O)OC1c1ccc(C)cc1. The van der Waals surface area contributed by atoms with Gasteiger partial charge in [-0.1, -0.05) is 47.5 Å². The van der Waals surface area contributed by atoms with E-state index in [4.69, 9.17) is 9.47 Å². The number of aryl methyl sites for hydroxylation is 2. The standard InChI is InChI=1S/C20H19NO4/c1-12-4-8-14(9-5-12)18-16(19(22)24-3)17(20(23)25-18)21-15-10-6-13(2)7-11-15/h4-11,18,21H,1-3H3. The maximum atomic E-state index is 12.4. The fourth-order valence-electron chi connectivity index (χ4n) is 2.66. The van der Waals surface area contributed by atoms with Crippen LogP contribution in [-0.2, 0) is 19.1 Å². The molecule has 5 heteroatoms. The summed E-state index contributed by atoms with van der Waals surface area (Å²) in [4.78, 5) is 24.7. The predicted molar refractivity (Wildman–Crippen MR) is 93.9 cm³/mol. The number of rotatable bonds is 4. The molecule has 1 N–H and O–H groups in total. The number of benzene rings is 2. The highest BCUT2D eigenvalue weighted by molar-refractivity contribution is 6.06. The van der Waals surface area contributed by atoms with Crippen molar-refractivity contribution in [2.24, 2.45) is 0 Å². The quantitative estimate of drug-likeness (QED) is 0.866. The van der Waals surface area contributed by atoms with Crippen LogP contribution < -0.4 is 5.32 Å². The zero-order valence-electron chi connectivity index (χ0n) is 14.3. The molecule has 0 bridgehead atoms. The van der Waals surface area contributed by atoms with Crippen molar-refractivity contribution in [1.29, 1.82) is 0 Å². The third-order valence-electron chi connectivity index (χ3n) is 4.07. The second kappa shape index (κ2) is 6.81. The van der Waals surface area contributed by atoms with Crippen LogP contribution in [0.1, 0.15) is 22.8 Å². The lowest BCUT2D eigenvalue weighted by atomic mass is 10.0. The van der Waals surface area contributed by atoms with E-state index in [2.05, 4.69) is 5.32 Å². The Balaban J connectivity index is 2.01. The predicted octanol–water partition coefficient (Wildman–Crippen LogP) is 3.44. The third-order valence-corrected chi connectivity index (χ3v) is 4.07. The van der Waals surface area contributed by atoms with Crippen molar-refractivity contribution in [2.45, 2.75) is 20.0 Å². The van der Waals surface area contributed by atoms with Crippen molar-refractivity contribution in [3.63, 3.8) is 0 Å². The number of carbonyl (C=O) groups excluding carboxylic acids is 2. The van der Waals surface area contributed by atoms with Gasteiger partial charge in [-0.15, -0.1) is 0 Å². The molecule has 0 aliphatic carbocycles. The Hall–Kier alpha value is -3.08. The first-order chi connectivity index (χ1) is 12.0. The first-order valence-corrected chi connectivity index (χ1v) is 7.93. The molecule has 1 heterocycles. The van der Waals surface area contributed by atoms with Crippen molar-refractivity contribution in [1.82, 2.24) is 0 Å². The third kappa shape index (κ3) is 3.40. The van der Waals surface area contributed by atoms with Crippen molar-refractivity contribution < 1.29 is 19.1 Å². The van der Waals surface area contributed by atoms with E-state index in [0.717, 1.165) is 16.7 Å². The topological polar surface area (TPSA) is 64.6 Å². The van der Waals surface area contributed by atoms with Gasteiger partial charge in [0.2, 0.25) is 0 Å². The first kappa shape index (κ1) is 16.8. The minimum absolute atomic E-state index is 0.112. The molecule has 1 atom stereocenters.